The molecule has 2 rings (SSSR count). The van der Waals surface area contributed by atoms with E-state index in [1.807, 2.05) is 0 Å². The lowest BCUT2D eigenvalue weighted by Crippen LogP contribution is -2.44. The Hall–Kier alpha value is -1.10. The van der Waals surface area contributed by atoms with Gasteiger partial charge >= 0.3 is 5.97 Å². The van der Waals surface area contributed by atoms with Crippen molar-refractivity contribution in [2.75, 3.05) is 20.3 Å². The van der Waals surface area contributed by atoms with Crippen molar-refractivity contribution >= 4 is 11.9 Å². The van der Waals surface area contributed by atoms with E-state index in [2.05, 4.69) is 0 Å². The third-order valence-electron chi connectivity index (χ3n) is 3.34. The Labute approximate surface area is 88.0 Å². The van der Waals surface area contributed by atoms with Crippen LogP contribution < -0.4 is 0 Å². The molecule has 84 valence electrons. The largest absolute Gasteiger partial charge is 0.480 e. The molecule has 15 heavy (non-hydrogen) atoms. The number of carboxylic acid groups (broad SMARTS) is 1. The molecule has 0 aromatic rings. The maximum atomic E-state index is 11.9. The summed E-state index contributed by atoms with van der Waals surface area (Å²) in [4.78, 5) is 24.5. The zero-order valence-corrected chi connectivity index (χ0v) is 8.73. The molecule has 1 N–H and O–H groups in total. The van der Waals surface area contributed by atoms with Gasteiger partial charge in [0.1, 0.15) is 5.41 Å². The van der Waals surface area contributed by atoms with Gasteiger partial charge in [-0.1, -0.05) is 0 Å². The molecular formula is C10H15NO4. The van der Waals surface area contributed by atoms with E-state index in [1.165, 1.54) is 0 Å². The summed E-state index contributed by atoms with van der Waals surface area (Å²) in [6.45, 7) is 1.18. The molecule has 0 aromatic heterocycles. The second-order valence-corrected chi connectivity index (χ2v) is 4.32. The van der Waals surface area contributed by atoms with E-state index >= 15 is 0 Å². The van der Waals surface area contributed by atoms with Crippen molar-refractivity contribution in [1.29, 1.82) is 0 Å². The van der Waals surface area contributed by atoms with Crippen LogP contribution in [0.4, 0.5) is 0 Å². The number of amides is 1. The first-order valence-corrected chi connectivity index (χ1v) is 5.16. The molecule has 0 bridgehead atoms. The van der Waals surface area contributed by atoms with E-state index in [0.29, 0.717) is 26.1 Å². The maximum Gasteiger partial charge on any atom is 0.319 e. The van der Waals surface area contributed by atoms with E-state index in [-0.39, 0.29) is 11.9 Å². The minimum atomic E-state index is -1.11. The summed E-state index contributed by atoms with van der Waals surface area (Å²) in [5, 5.41) is 8.99. The molecule has 0 aromatic carbocycles. The predicted molar refractivity (Wildman–Crippen MR) is 51.3 cm³/mol. The number of hydrogen-bond acceptors (Lipinski definition) is 3. The van der Waals surface area contributed by atoms with Crippen molar-refractivity contribution in [1.82, 2.24) is 4.90 Å². The van der Waals surface area contributed by atoms with E-state index in [9.17, 15) is 9.59 Å². The zero-order valence-electron chi connectivity index (χ0n) is 8.73. The van der Waals surface area contributed by atoms with Gasteiger partial charge in [0.2, 0.25) is 5.91 Å². The molecule has 1 aliphatic carbocycles. The standard InChI is InChI=1S/C10H15NO4/c1-11(7-2-5-15-6-7)8(12)10(3-4-10)9(13)14/h7H,2-6H2,1H3,(H,13,14). The Bertz CT molecular complexity index is 292. The molecule has 5 heteroatoms. The summed E-state index contributed by atoms with van der Waals surface area (Å²) in [5.41, 5.74) is -1.11. The average Bonchev–Trinajstić information content (AvgIpc) is 2.85. The van der Waals surface area contributed by atoms with Gasteiger partial charge in [0.15, 0.2) is 0 Å². The van der Waals surface area contributed by atoms with E-state index < -0.39 is 11.4 Å². The Balaban J connectivity index is 2.04. The Morgan fingerprint density at radius 3 is 2.53 bits per heavy atom. The molecule has 0 radical (unpaired) electrons. The maximum absolute atomic E-state index is 11.9. The summed E-state index contributed by atoms with van der Waals surface area (Å²) in [7, 11) is 1.67. The summed E-state index contributed by atoms with van der Waals surface area (Å²) >= 11 is 0. The molecule has 1 amide bonds. The first-order chi connectivity index (χ1) is 7.08. The van der Waals surface area contributed by atoms with Crippen molar-refractivity contribution in [3.63, 3.8) is 0 Å². The van der Waals surface area contributed by atoms with Gasteiger partial charge in [-0.15, -0.1) is 0 Å². The Kier molecular flexibility index (Phi) is 2.42. The van der Waals surface area contributed by atoms with E-state index in [1.54, 1.807) is 11.9 Å². The molecule has 1 atom stereocenters. The molecular weight excluding hydrogens is 198 g/mol. The number of hydrogen-bond donors (Lipinski definition) is 1. The molecule has 5 nitrogen and oxygen atoms in total. The highest BCUT2D eigenvalue weighted by molar-refractivity contribution is 6.04. The monoisotopic (exact) mass is 213 g/mol. The van der Waals surface area contributed by atoms with Crippen molar-refractivity contribution in [3.8, 4) is 0 Å². The summed E-state index contributed by atoms with van der Waals surface area (Å²) in [6.07, 6.45) is 1.75. The van der Waals surface area contributed by atoms with Crippen molar-refractivity contribution < 1.29 is 19.4 Å². The third-order valence-corrected chi connectivity index (χ3v) is 3.34. The molecule has 1 unspecified atom stereocenters. The van der Waals surface area contributed by atoms with Gasteiger partial charge in [-0.2, -0.15) is 0 Å². The van der Waals surface area contributed by atoms with Gasteiger partial charge in [0, 0.05) is 13.7 Å². The first kappa shape index (κ1) is 10.4. The van der Waals surface area contributed by atoms with Crippen LogP contribution in [0.25, 0.3) is 0 Å². The molecule has 1 saturated heterocycles. The normalized spacial score (nSPS) is 27.4. The second-order valence-electron chi connectivity index (χ2n) is 4.32. The van der Waals surface area contributed by atoms with Crippen LogP contribution in [0, 0.1) is 5.41 Å². The number of ether oxygens (including phenoxy) is 1. The highest BCUT2D eigenvalue weighted by Crippen LogP contribution is 2.47. The number of likely N-dealkylation sites (N-methyl/N-ethyl adjacent to an activating group) is 1. The quantitative estimate of drug-likeness (QED) is 0.675. The Morgan fingerprint density at radius 2 is 2.13 bits per heavy atom. The van der Waals surface area contributed by atoms with Gasteiger partial charge in [-0.3, -0.25) is 9.59 Å². The van der Waals surface area contributed by atoms with Gasteiger partial charge in [0.05, 0.1) is 12.6 Å². The fraction of sp³-hybridized carbons (Fsp3) is 0.800. The van der Waals surface area contributed by atoms with Crippen molar-refractivity contribution in [2.45, 2.75) is 25.3 Å². The van der Waals surface area contributed by atoms with E-state index in [0.717, 1.165) is 6.42 Å². The minimum Gasteiger partial charge on any atom is -0.480 e. The van der Waals surface area contributed by atoms with E-state index in [4.69, 9.17) is 9.84 Å². The predicted octanol–water partition coefficient (Wildman–Crippen LogP) is 0.0985. The van der Waals surface area contributed by atoms with Crippen LogP contribution in [0.5, 0.6) is 0 Å². The molecule has 0 spiro atoms. The van der Waals surface area contributed by atoms with Crippen LogP contribution in [-0.4, -0.2) is 48.2 Å². The lowest BCUT2D eigenvalue weighted by atomic mass is 10.0. The van der Waals surface area contributed by atoms with Crippen molar-refractivity contribution in [2.24, 2.45) is 5.41 Å². The van der Waals surface area contributed by atoms with Crippen LogP contribution in [0.1, 0.15) is 19.3 Å². The molecule has 1 heterocycles. The molecule has 1 aliphatic heterocycles. The minimum absolute atomic E-state index is 0.0503. The summed E-state index contributed by atoms with van der Waals surface area (Å²) in [5.74, 6) is -1.25. The van der Waals surface area contributed by atoms with Gasteiger partial charge in [-0.05, 0) is 19.3 Å². The molecule has 2 aliphatic rings. The van der Waals surface area contributed by atoms with Gasteiger partial charge in [-0.25, -0.2) is 0 Å². The van der Waals surface area contributed by atoms with Gasteiger partial charge in [0.25, 0.3) is 0 Å². The van der Waals surface area contributed by atoms with Crippen LogP contribution in [0.15, 0.2) is 0 Å². The lowest BCUT2D eigenvalue weighted by Gasteiger charge is -2.26. The first-order valence-electron chi connectivity index (χ1n) is 5.16. The number of carbonyl (C=O) groups excluding carboxylic acids is 1. The van der Waals surface area contributed by atoms with Crippen LogP contribution >= 0.6 is 0 Å². The number of nitrogens with zero attached hydrogens (tertiary/aromatic N) is 1. The third kappa shape index (κ3) is 1.61. The van der Waals surface area contributed by atoms with Crippen molar-refractivity contribution in [3.05, 3.63) is 0 Å². The topological polar surface area (TPSA) is 66.8 Å². The molecule has 2 fully saturated rings. The highest BCUT2D eigenvalue weighted by atomic mass is 16.5. The summed E-state index contributed by atoms with van der Waals surface area (Å²) in [6, 6.07) is 0.0503. The number of carbonyl (C=O) groups is 2. The smallest absolute Gasteiger partial charge is 0.319 e. The molecule has 1 saturated carbocycles. The number of carboxylic acids is 1. The zero-order chi connectivity index (χ0) is 11.1. The van der Waals surface area contributed by atoms with Crippen LogP contribution in [0.3, 0.4) is 0 Å². The van der Waals surface area contributed by atoms with Crippen LogP contribution in [-0.2, 0) is 14.3 Å². The SMILES string of the molecule is CN(C(=O)C1(C(=O)O)CC1)C1CCOC1. The summed E-state index contributed by atoms with van der Waals surface area (Å²) < 4.78 is 5.18. The van der Waals surface area contributed by atoms with Gasteiger partial charge < -0.3 is 14.7 Å². The second kappa shape index (κ2) is 3.48. The highest BCUT2D eigenvalue weighted by Gasteiger charge is 2.58. The fourth-order valence-corrected chi connectivity index (χ4v) is 1.98. The number of aliphatic carboxylic acids is 1. The lowest BCUT2D eigenvalue weighted by molar-refractivity contribution is -0.153. The fourth-order valence-electron chi connectivity index (χ4n) is 1.98. The Morgan fingerprint density at radius 1 is 1.47 bits per heavy atom. The van der Waals surface area contributed by atoms with Crippen LogP contribution in [0.2, 0.25) is 0 Å². The average molecular weight is 213 g/mol. The number of rotatable bonds is 3.